The molecule has 1 saturated carbocycles. The van der Waals surface area contributed by atoms with E-state index in [1.807, 2.05) is 24.4 Å². The van der Waals surface area contributed by atoms with Gasteiger partial charge in [0.15, 0.2) is 5.78 Å². The number of ketones is 1. The summed E-state index contributed by atoms with van der Waals surface area (Å²) in [6, 6.07) is 8.81. The molecule has 2 aromatic rings. The molecule has 0 unspecified atom stereocenters. The van der Waals surface area contributed by atoms with E-state index in [9.17, 15) is 4.79 Å². The van der Waals surface area contributed by atoms with E-state index < -0.39 is 0 Å². The molecule has 3 rings (SSSR count). The number of Topliss-reactive ketones (excluding diaryl/α,β-unsaturated/α-hetero) is 1. The lowest BCUT2D eigenvalue weighted by molar-refractivity contribution is 0.101. The molecule has 0 aliphatic heterocycles. The summed E-state index contributed by atoms with van der Waals surface area (Å²) >= 11 is 0. The Morgan fingerprint density at radius 1 is 1.31 bits per heavy atom. The van der Waals surface area contributed by atoms with E-state index in [0.29, 0.717) is 6.04 Å². The average molecular weight is 213 g/mol. The Kier molecular flexibility index (Phi) is 2.10. The number of para-hydroxylation sites is 1. The lowest BCUT2D eigenvalue weighted by Crippen LogP contribution is -2.15. The van der Waals surface area contributed by atoms with Crippen LogP contribution in [0.2, 0.25) is 0 Å². The monoisotopic (exact) mass is 213 g/mol. The summed E-state index contributed by atoms with van der Waals surface area (Å²) in [5, 5.41) is 1.10. The van der Waals surface area contributed by atoms with Crippen molar-refractivity contribution in [1.29, 1.82) is 0 Å². The minimum atomic E-state index is 0.161. The zero-order valence-corrected chi connectivity index (χ0v) is 9.44. The number of fused-ring (bicyclic) bond motifs is 1. The van der Waals surface area contributed by atoms with Crippen LogP contribution in [0.3, 0.4) is 0 Å². The summed E-state index contributed by atoms with van der Waals surface area (Å²) in [4.78, 5) is 11.6. The third-order valence-corrected chi connectivity index (χ3v) is 3.59. The van der Waals surface area contributed by atoms with Gasteiger partial charge in [-0.05, 0) is 32.3 Å². The van der Waals surface area contributed by atoms with Crippen LogP contribution in [0.1, 0.15) is 42.6 Å². The predicted molar refractivity (Wildman–Crippen MR) is 64.8 cm³/mol. The number of carbonyl (C=O) groups excluding carboxylic acids is 1. The Morgan fingerprint density at radius 2 is 2.06 bits per heavy atom. The third-order valence-electron chi connectivity index (χ3n) is 3.59. The number of benzene rings is 1. The first-order valence-corrected chi connectivity index (χ1v) is 5.88. The standard InChI is InChI=1S/C14H15NO/c1-10(16)13-9-15(11-5-4-6-11)14-8-3-2-7-12(13)14/h2-3,7-9,11H,4-6H2,1H3. The van der Waals surface area contributed by atoms with Gasteiger partial charge in [0.2, 0.25) is 0 Å². The minimum absolute atomic E-state index is 0.161. The molecule has 1 aromatic heterocycles. The van der Waals surface area contributed by atoms with Gasteiger partial charge in [0.05, 0.1) is 0 Å². The number of carbonyl (C=O) groups is 1. The van der Waals surface area contributed by atoms with Gasteiger partial charge in [0, 0.05) is 28.7 Å². The molecule has 0 saturated heterocycles. The fourth-order valence-electron chi connectivity index (χ4n) is 2.45. The molecule has 0 spiro atoms. The summed E-state index contributed by atoms with van der Waals surface area (Å²) in [6.45, 7) is 1.65. The van der Waals surface area contributed by atoms with Crippen LogP contribution in [0.25, 0.3) is 10.9 Å². The third kappa shape index (κ3) is 1.29. The van der Waals surface area contributed by atoms with Gasteiger partial charge < -0.3 is 4.57 Å². The maximum absolute atomic E-state index is 11.6. The highest BCUT2D eigenvalue weighted by Crippen LogP contribution is 2.35. The fraction of sp³-hybridized carbons (Fsp3) is 0.357. The van der Waals surface area contributed by atoms with E-state index in [4.69, 9.17) is 0 Å². The second-order valence-corrected chi connectivity index (χ2v) is 4.61. The first-order chi connectivity index (χ1) is 7.77. The van der Waals surface area contributed by atoms with Crippen LogP contribution in [-0.2, 0) is 0 Å². The number of aromatic nitrogens is 1. The first kappa shape index (κ1) is 9.64. The van der Waals surface area contributed by atoms with Gasteiger partial charge in [0.25, 0.3) is 0 Å². The minimum Gasteiger partial charge on any atom is -0.344 e. The molecular formula is C14H15NO. The lowest BCUT2D eigenvalue weighted by Gasteiger charge is -2.27. The normalized spacial score (nSPS) is 16.3. The molecule has 1 aromatic carbocycles. The highest BCUT2D eigenvalue weighted by molar-refractivity contribution is 6.07. The van der Waals surface area contributed by atoms with Crippen LogP contribution in [0.4, 0.5) is 0 Å². The van der Waals surface area contributed by atoms with Crippen LogP contribution in [0, 0.1) is 0 Å². The molecular weight excluding hydrogens is 198 g/mol. The van der Waals surface area contributed by atoms with Crippen molar-refractivity contribution in [1.82, 2.24) is 4.57 Å². The molecule has 1 fully saturated rings. The molecule has 16 heavy (non-hydrogen) atoms. The van der Waals surface area contributed by atoms with Crippen LogP contribution in [0.5, 0.6) is 0 Å². The fourth-order valence-corrected chi connectivity index (χ4v) is 2.45. The van der Waals surface area contributed by atoms with Crippen molar-refractivity contribution in [2.45, 2.75) is 32.2 Å². The molecule has 0 N–H and O–H groups in total. The summed E-state index contributed by atoms with van der Waals surface area (Å²) in [5.41, 5.74) is 2.07. The predicted octanol–water partition coefficient (Wildman–Crippen LogP) is 3.57. The molecule has 1 heterocycles. The van der Waals surface area contributed by atoms with Crippen LogP contribution < -0.4 is 0 Å². The first-order valence-electron chi connectivity index (χ1n) is 5.88. The zero-order valence-electron chi connectivity index (χ0n) is 9.44. The van der Waals surface area contributed by atoms with Crippen molar-refractivity contribution in [3.63, 3.8) is 0 Å². The van der Waals surface area contributed by atoms with Crippen molar-refractivity contribution in [2.24, 2.45) is 0 Å². The Morgan fingerprint density at radius 3 is 2.69 bits per heavy atom. The molecule has 2 nitrogen and oxygen atoms in total. The molecule has 1 aliphatic rings. The van der Waals surface area contributed by atoms with Crippen molar-refractivity contribution in [3.05, 3.63) is 36.0 Å². The lowest BCUT2D eigenvalue weighted by atomic mass is 9.93. The van der Waals surface area contributed by atoms with Crippen LogP contribution >= 0.6 is 0 Å². The Bertz CT molecular complexity index is 549. The average Bonchev–Trinajstić information content (AvgIpc) is 2.56. The van der Waals surface area contributed by atoms with Crippen LogP contribution in [0.15, 0.2) is 30.5 Å². The zero-order chi connectivity index (χ0) is 11.1. The quantitative estimate of drug-likeness (QED) is 0.699. The van der Waals surface area contributed by atoms with Gasteiger partial charge in [-0.3, -0.25) is 4.79 Å². The van der Waals surface area contributed by atoms with Crippen molar-refractivity contribution in [2.75, 3.05) is 0 Å². The molecule has 82 valence electrons. The van der Waals surface area contributed by atoms with E-state index in [2.05, 4.69) is 10.6 Å². The van der Waals surface area contributed by atoms with Crippen molar-refractivity contribution in [3.8, 4) is 0 Å². The van der Waals surface area contributed by atoms with Gasteiger partial charge >= 0.3 is 0 Å². The summed E-state index contributed by atoms with van der Waals surface area (Å²) in [6.07, 6.45) is 5.84. The summed E-state index contributed by atoms with van der Waals surface area (Å²) < 4.78 is 2.29. The van der Waals surface area contributed by atoms with E-state index in [1.165, 1.54) is 24.8 Å². The summed E-state index contributed by atoms with van der Waals surface area (Å²) in [7, 11) is 0. The van der Waals surface area contributed by atoms with Gasteiger partial charge in [-0.25, -0.2) is 0 Å². The number of hydrogen-bond acceptors (Lipinski definition) is 1. The van der Waals surface area contributed by atoms with Crippen LogP contribution in [-0.4, -0.2) is 10.4 Å². The topological polar surface area (TPSA) is 22.0 Å². The SMILES string of the molecule is CC(=O)c1cn(C2CCC2)c2ccccc12. The number of nitrogens with zero attached hydrogens (tertiary/aromatic N) is 1. The largest absolute Gasteiger partial charge is 0.344 e. The van der Waals surface area contributed by atoms with Gasteiger partial charge in [-0.1, -0.05) is 18.2 Å². The Hall–Kier alpha value is -1.57. The van der Waals surface area contributed by atoms with Crippen molar-refractivity contribution < 1.29 is 4.79 Å². The Labute approximate surface area is 94.9 Å². The second kappa shape index (κ2) is 3.48. The summed E-state index contributed by atoms with van der Waals surface area (Å²) in [5.74, 6) is 0.161. The van der Waals surface area contributed by atoms with E-state index in [1.54, 1.807) is 6.92 Å². The maximum atomic E-state index is 11.6. The smallest absolute Gasteiger partial charge is 0.161 e. The molecule has 0 bridgehead atoms. The highest BCUT2D eigenvalue weighted by atomic mass is 16.1. The van der Waals surface area contributed by atoms with E-state index in [0.717, 1.165) is 10.9 Å². The second-order valence-electron chi connectivity index (χ2n) is 4.61. The molecule has 0 radical (unpaired) electrons. The maximum Gasteiger partial charge on any atom is 0.161 e. The van der Waals surface area contributed by atoms with E-state index in [-0.39, 0.29) is 5.78 Å². The van der Waals surface area contributed by atoms with E-state index >= 15 is 0 Å². The Balaban J connectivity index is 2.24. The molecule has 2 heteroatoms. The molecule has 0 amide bonds. The van der Waals surface area contributed by atoms with Gasteiger partial charge in [0.1, 0.15) is 0 Å². The number of rotatable bonds is 2. The van der Waals surface area contributed by atoms with Gasteiger partial charge in [-0.2, -0.15) is 0 Å². The molecule has 1 aliphatic carbocycles. The van der Waals surface area contributed by atoms with Crippen molar-refractivity contribution >= 4 is 16.7 Å². The van der Waals surface area contributed by atoms with Gasteiger partial charge in [-0.15, -0.1) is 0 Å². The number of hydrogen-bond donors (Lipinski definition) is 0. The molecule has 0 atom stereocenters. The highest BCUT2D eigenvalue weighted by Gasteiger charge is 2.22.